The van der Waals surface area contributed by atoms with Crippen LogP contribution in [0.1, 0.15) is 23.6 Å². The number of rotatable bonds is 4. The molecule has 0 bridgehead atoms. The minimum absolute atomic E-state index is 0.0459. The lowest BCUT2D eigenvalue weighted by Crippen LogP contribution is -2.54. The second-order valence-electron chi connectivity index (χ2n) is 6.46. The highest BCUT2D eigenvalue weighted by atomic mass is 16.5. The number of urea groups is 1. The standard InChI is InChI=1S/C21H20N2O5/c1-4-28-18-11-14(5-6-17(18)24)10-16-19(25)22-21(27)23(20(16)26)15-8-12(2)7-13(3)9-15/h5-11,24H,4H2,1-3H3,(H,22,25,27). The molecule has 0 saturated carbocycles. The predicted molar refractivity (Wildman–Crippen MR) is 104 cm³/mol. The van der Waals surface area contributed by atoms with Crippen LogP contribution in [-0.4, -0.2) is 29.6 Å². The van der Waals surface area contributed by atoms with Gasteiger partial charge in [-0.3, -0.25) is 14.9 Å². The molecule has 0 unspecified atom stereocenters. The highest BCUT2D eigenvalue weighted by Gasteiger charge is 2.37. The summed E-state index contributed by atoms with van der Waals surface area (Å²) < 4.78 is 5.32. The Labute approximate surface area is 162 Å². The predicted octanol–water partition coefficient (Wildman–Crippen LogP) is 3.07. The van der Waals surface area contributed by atoms with Gasteiger partial charge in [0.1, 0.15) is 5.57 Å². The normalized spacial score (nSPS) is 15.8. The molecule has 0 aromatic heterocycles. The van der Waals surface area contributed by atoms with Gasteiger partial charge in [-0.1, -0.05) is 12.1 Å². The lowest BCUT2D eigenvalue weighted by Gasteiger charge is -2.27. The van der Waals surface area contributed by atoms with Gasteiger partial charge in [0.05, 0.1) is 12.3 Å². The maximum Gasteiger partial charge on any atom is 0.335 e. The highest BCUT2D eigenvalue weighted by Crippen LogP contribution is 2.29. The quantitative estimate of drug-likeness (QED) is 0.628. The smallest absolute Gasteiger partial charge is 0.335 e. The fourth-order valence-corrected chi connectivity index (χ4v) is 3.03. The summed E-state index contributed by atoms with van der Waals surface area (Å²) in [6.45, 7) is 5.84. The van der Waals surface area contributed by atoms with Crippen molar-refractivity contribution in [1.82, 2.24) is 5.32 Å². The van der Waals surface area contributed by atoms with Crippen molar-refractivity contribution in [3.8, 4) is 11.5 Å². The molecule has 1 aliphatic heterocycles. The topological polar surface area (TPSA) is 95.9 Å². The molecule has 7 heteroatoms. The van der Waals surface area contributed by atoms with Gasteiger partial charge in [-0.15, -0.1) is 0 Å². The number of aromatic hydroxyl groups is 1. The zero-order valence-corrected chi connectivity index (χ0v) is 15.8. The number of hydrogen-bond acceptors (Lipinski definition) is 5. The van der Waals surface area contributed by atoms with Crippen molar-refractivity contribution < 1.29 is 24.2 Å². The van der Waals surface area contributed by atoms with Crippen molar-refractivity contribution in [2.45, 2.75) is 20.8 Å². The molecule has 3 rings (SSSR count). The minimum Gasteiger partial charge on any atom is -0.504 e. The monoisotopic (exact) mass is 380 g/mol. The van der Waals surface area contributed by atoms with Crippen LogP contribution in [0.3, 0.4) is 0 Å². The van der Waals surface area contributed by atoms with Gasteiger partial charge >= 0.3 is 6.03 Å². The van der Waals surface area contributed by atoms with Gasteiger partial charge in [0.25, 0.3) is 11.8 Å². The molecule has 0 atom stereocenters. The van der Waals surface area contributed by atoms with Crippen LogP contribution in [0.4, 0.5) is 10.5 Å². The van der Waals surface area contributed by atoms with Gasteiger partial charge in [-0.2, -0.15) is 0 Å². The molecule has 1 heterocycles. The van der Waals surface area contributed by atoms with E-state index < -0.39 is 17.8 Å². The van der Waals surface area contributed by atoms with Crippen molar-refractivity contribution in [2.75, 3.05) is 11.5 Å². The van der Waals surface area contributed by atoms with E-state index in [4.69, 9.17) is 4.74 Å². The first-order valence-electron chi connectivity index (χ1n) is 8.75. The Morgan fingerprint density at radius 2 is 1.75 bits per heavy atom. The van der Waals surface area contributed by atoms with Gasteiger partial charge < -0.3 is 9.84 Å². The minimum atomic E-state index is -0.794. The second-order valence-corrected chi connectivity index (χ2v) is 6.46. The van der Waals surface area contributed by atoms with E-state index in [-0.39, 0.29) is 17.1 Å². The summed E-state index contributed by atoms with van der Waals surface area (Å²) in [6, 6.07) is 9.00. The number of ether oxygens (including phenoxy) is 1. The zero-order chi connectivity index (χ0) is 20.4. The third kappa shape index (κ3) is 3.73. The molecule has 1 saturated heterocycles. The van der Waals surface area contributed by atoms with Gasteiger partial charge in [-0.25, -0.2) is 9.69 Å². The zero-order valence-electron chi connectivity index (χ0n) is 15.8. The number of aryl methyl sites for hydroxylation is 2. The average molecular weight is 380 g/mol. The number of phenols is 1. The maximum atomic E-state index is 12.9. The van der Waals surface area contributed by atoms with Gasteiger partial charge in [0, 0.05) is 0 Å². The van der Waals surface area contributed by atoms with E-state index in [0.29, 0.717) is 17.9 Å². The molecular formula is C21H20N2O5. The van der Waals surface area contributed by atoms with Crippen LogP contribution < -0.4 is 15.0 Å². The lowest BCUT2D eigenvalue weighted by molar-refractivity contribution is -0.122. The van der Waals surface area contributed by atoms with Crippen LogP contribution in [-0.2, 0) is 9.59 Å². The first kappa shape index (κ1) is 19.2. The number of barbiturate groups is 1. The Hall–Kier alpha value is -3.61. The van der Waals surface area contributed by atoms with Gasteiger partial charge in [0.2, 0.25) is 0 Å². The number of nitrogens with zero attached hydrogens (tertiary/aromatic N) is 1. The number of carbonyl (C=O) groups is 3. The van der Waals surface area contributed by atoms with Crippen molar-refractivity contribution in [2.24, 2.45) is 0 Å². The summed E-state index contributed by atoms with van der Waals surface area (Å²) >= 11 is 0. The molecule has 2 aromatic rings. The van der Waals surface area contributed by atoms with Crippen LogP contribution >= 0.6 is 0 Å². The molecule has 7 nitrogen and oxygen atoms in total. The number of amides is 4. The summed E-state index contributed by atoms with van der Waals surface area (Å²) in [5.41, 5.74) is 2.45. The molecule has 4 amide bonds. The SMILES string of the molecule is CCOc1cc(C=C2C(=O)NC(=O)N(c3cc(C)cc(C)c3)C2=O)ccc1O. The molecule has 2 aromatic carbocycles. The molecule has 0 aliphatic carbocycles. The van der Waals surface area contributed by atoms with E-state index in [1.165, 1.54) is 18.2 Å². The Morgan fingerprint density at radius 1 is 1.07 bits per heavy atom. The van der Waals surface area contributed by atoms with E-state index in [0.717, 1.165) is 16.0 Å². The summed E-state index contributed by atoms with van der Waals surface area (Å²) in [5, 5.41) is 12.0. The first-order valence-corrected chi connectivity index (χ1v) is 8.75. The Kier molecular flexibility index (Phi) is 5.17. The largest absolute Gasteiger partial charge is 0.504 e. The van der Waals surface area contributed by atoms with Crippen LogP contribution in [0.15, 0.2) is 42.0 Å². The second kappa shape index (κ2) is 7.56. The summed E-state index contributed by atoms with van der Waals surface area (Å²) in [4.78, 5) is 38.5. The van der Waals surface area contributed by atoms with Crippen molar-refractivity contribution in [1.29, 1.82) is 0 Å². The number of phenolic OH excluding ortho intramolecular Hbond substituents is 1. The Balaban J connectivity index is 2.02. The van der Waals surface area contributed by atoms with Crippen LogP contribution in [0, 0.1) is 13.8 Å². The molecule has 2 N–H and O–H groups in total. The lowest BCUT2D eigenvalue weighted by atomic mass is 10.1. The van der Waals surface area contributed by atoms with Crippen LogP contribution in [0.2, 0.25) is 0 Å². The Bertz CT molecular complexity index is 990. The number of anilines is 1. The van der Waals surface area contributed by atoms with E-state index in [1.54, 1.807) is 25.1 Å². The van der Waals surface area contributed by atoms with E-state index in [2.05, 4.69) is 5.32 Å². The highest BCUT2D eigenvalue weighted by molar-refractivity contribution is 6.39. The molecule has 1 fully saturated rings. The van der Waals surface area contributed by atoms with Crippen molar-refractivity contribution in [3.05, 3.63) is 58.7 Å². The van der Waals surface area contributed by atoms with Crippen LogP contribution in [0.25, 0.3) is 6.08 Å². The first-order chi connectivity index (χ1) is 13.3. The fraction of sp³-hybridized carbons (Fsp3) is 0.190. The van der Waals surface area contributed by atoms with Crippen molar-refractivity contribution >= 4 is 29.6 Å². The number of benzene rings is 2. The van der Waals surface area contributed by atoms with E-state index in [1.807, 2.05) is 19.9 Å². The van der Waals surface area contributed by atoms with Crippen LogP contribution in [0.5, 0.6) is 11.5 Å². The number of carbonyl (C=O) groups excluding carboxylic acids is 3. The molecule has 1 aliphatic rings. The Morgan fingerprint density at radius 3 is 2.39 bits per heavy atom. The number of hydrogen-bond donors (Lipinski definition) is 2. The molecule has 144 valence electrons. The average Bonchev–Trinajstić information content (AvgIpc) is 2.60. The molecule has 0 spiro atoms. The summed E-state index contributed by atoms with van der Waals surface area (Å²) in [6.07, 6.45) is 1.36. The molecule has 0 radical (unpaired) electrons. The summed E-state index contributed by atoms with van der Waals surface area (Å²) in [7, 11) is 0. The van der Waals surface area contributed by atoms with Gasteiger partial charge in [0.15, 0.2) is 11.5 Å². The molecule has 28 heavy (non-hydrogen) atoms. The van der Waals surface area contributed by atoms with E-state index in [9.17, 15) is 19.5 Å². The fourth-order valence-electron chi connectivity index (χ4n) is 3.03. The molecular weight excluding hydrogens is 360 g/mol. The third-order valence-electron chi connectivity index (χ3n) is 4.16. The van der Waals surface area contributed by atoms with Gasteiger partial charge in [-0.05, 0) is 67.8 Å². The summed E-state index contributed by atoms with van der Waals surface area (Å²) in [5.74, 6) is -1.30. The third-order valence-corrected chi connectivity index (χ3v) is 4.16. The van der Waals surface area contributed by atoms with Crippen molar-refractivity contribution in [3.63, 3.8) is 0 Å². The number of nitrogens with one attached hydrogen (secondary N) is 1. The maximum absolute atomic E-state index is 12.9. The number of imide groups is 2. The van der Waals surface area contributed by atoms with E-state index >= 15 is 0 Å².